The zero-order valence-corrected chi connectivity index (χ0v) is 19.8. The first kappa shape index (κ1) is 30.8. The van der Waals surface area contributed by atoms with Crippen molar-refractivity contribution in [2.75, 3.05) is 13.2 Å². The molecule has 16 heteroatoms. The molecule has 1 atom stereocenters. The van der Waals surface area contributed by atoms with Gasteiger partial charge in [0.1, 0.15) is 0 Å². The number of carbonyl (C=O) groups is 2. The first-order chi connectivity index (χ1) is 17.7. The standard InChI is InChI=1S/C18H23FN4O.2C2HF3O2/c19-17-6-3-7-21-18(17)24-12-14-9-22(15-4-1-2-5-15)11-16-8-20-13-23(16)10-14;2*3-2(4,5)1(6)7/h3,6-8,13-15H,1-2,4-5,9-12H2;2*(H,6,7). The van der Waals surface area contributed by atoms with Gasteiger partial charge in [-0.3, -0.25) is 4.90 Å². The Bertz CT molecular complexity index is 1030. The van der Waals surface area contributed by atoms with E-state index in [4.69, 9.17) is 24.5 Å². The molecule has 0 spiro atoms. The van der Waals surface area contributed by atoms with E-state index in [1.807, 2.05) is 12.5 Å². The quantitative estimate of drug-likeness (QED) is 0.538. The Balaban J connectivity index is 0.000000301. The van der Waals surface area contributed by atoms with Gasteiger partial charge in [0.15, 0.2) is 5.82 Å². The van der Waals surface area contributed by atoms with Crippen LogP contribution in [0.15, 0.2) is 30.9 Å². The lowest BCUT2D eigenvalue weighted by molar-refractivity contribution is -0.193. The lowest BCUT2D eigenvalue weighted by Gasteiger charge is -2.29. The highest BCUT2D eigenvalue weighted by Gasteiger charge is 2.39. The van der Waals surface area contributed by atoms with Crippen LogP contribution in [0.5, 0.6) is 5.88 Å². The summed E-state index contributed by atoms with van der Waals surface area (Å²) in [5.74, 6) is -5.52. The smallest absolute Gasteiger partial charge is 0.475 e. The Labute approximate surface area is 211 Å². The van der Waals surface area contributed by atoms with Crippen LogP contribution in [-0.4, -0.2) is 73.1 Å². The number of alkyl halides is 6. The summed E-state index contributed by atoms with van der Waals surface area (Å²) in [5, 5.41) is 14.2. The first-order valence-corrected chi connectivity index (χ1v) is 11.2. The molecule has 1 unspecified atom stereocenters. The lowest BCUT2D eigenvalue weighted by Crippen LogP contribution is -2.37. The van der Waals surface area contributed by atoms with E-state index < -0.39 is 30.1 Å². The van der Waals surface area contributed by atoms with E-state index in [2.05, 4.69) is 19.4 Å². The van der Waals surface area contributed by atoms with Crippen LogP contribution in [0, 0.1) is 11.7 Å². The number of fused-ring (bicyclic) bond motifs is 1. The topological polar surface area (TPSA) is 118 Å². The van der Waals surface area contributed by atoms with Crippen molar-refractivity contribution in [2.24, 2.45) is 5.92 Å². The maximum Gasteiger partial charge on any atom is 0.490 e. The predicted octanol–water partition coefficient (Wildman–Crippen LogP) is 4.14. The SMILES string of the molecule is Fc1cccnc1OCC1CN(C2CCCC2)Cc2cncn2C1.O=C(O)C(F)(F)F.O=C(O)C(F)(F)F. The molecule has 0 bridgehead atoms. The molecule has 1 aliphatic carbocycles. The number of imidazole rings is 1. The summed E-state index contributed by atoms with van der Waals surface area (Å²) in [6.07, 6.45) is 0.435. The monoisotopic (exact) mass is 558 g/mol. The molecule has 2 aliphatic rings. The number of pyridine rings is 1. The van der Waals surface area contributed by atoms with Crippen molar-refractivity contribution in [3.63, 3.8) is 0 Å². The fourth-order valence-electron chi connectivity index (χ4n) is 3.91. The van der Waals surface area contributed by atoms with Crippen molar-refractivity contribution in [3.05, 3.63) is 42.4 Å². The van der Waals surface area contributed by atoms with E-state index in [0.717, 1.165) is 19.6 Å². The zero-order valence-electron chi connectivity index (χ0n) is 19.8. The number of hydrogen-bond donors (Lipinski definition) is 2. The van der Waals surface area contributed by atoms with Gasteiger partial charge in [-0.15, -0.1) is 0 Å². The molecule has 1 fully saturated rings. The third-order valence-electron chi connectivity index (χ3n) is 5.62. The number of nitrogens with zero attached hydrogens (tertiary/aromatic N) is 4. The lowest BCUT2D eigenvalue weighted by atomic mass is 10.1. The zero-order chi connectivity index (χ0) is 28.5. The van der Waals surface area contributed by atoms with E-state index in [-0.39, 0.29) is 5.88 Å². The molecule has 9 nitrogen and oxygen atoms in total. The first-order valence-electron chi connectivity index (χ1n) is 11.2. The van der Waals surface area contributed by atoms with Crippen LogP contribution in [0.1, 0.15) is 31.4 Å². The molecule has 38 heavy (non-hydrogen) atoms. The summed E-state index contributed by atoms with van der Waals surface area (Å²) in [7, 11) is 0. The van der Waals surface area contributed by atoms with E-state index >= 15 is 0 Å². The van der Waals surface area contributed by atoms with E-state index in [0.29, 0.717) is 18.6 Å². The largest absolute Gasteiger partial charge is 0.490 e. The van der Waals surface area contributed by atoms with Crippen LogP contribution in [0.4, 0.5) is 30.7 Å². The molecule has 2 N–H and O–H groups in total. The Morgan fingerprint density at radius 2 is 1.61 bits per heavy atom. The van der Waals surface area contributed by atoms with Crippen molar-refractivity contribution < 1.29 is 55.3 Å². The van der Waals surface area contributed by atoms with Gasteiger partial charge in [-0.25, -0.2) is 23.9 Å². The van der Waals surface area contributed by atoms with Crippen molar-refractivity contribution >= 4 is 11.9 Å². The molecule has 0 radical (unpaired) electrons. The van der Waals surface area contributed by atoms with Gasteiger partial charge < -0.3 is 19.5 Å². The normalized spacial score (nSPS) is 18.2. The number of carboxylic acid groups (broad SMARTS) is 2. The summed E-state index contributed by atoms with van der Waals surface area (Å²) in [6, 6.07) is 3.61. The molecule has 4 rings (SSSR count). The molecular formula is C22H25F7N4O5. The van der Waals surface area contributed by atoms with Crippen LogP contribution >= 0.6 is 0 Å². The average Bonchev–Trinajstić information content (AvgIpc) is 3.47. The van der Waals surface area contributed by atoms with E-state index in [1.54, 1.807) is 12.3 Å². The highest BCUT2D eigenvalue weighted by molar-refractivity contribution is 5.73. The minimum atomic E-state index is -5.08. The number of aromatic nitrogens is 3. The minimum absolute atomic E-state index is 0.0972. The molecular weight excluding hydrogens is 533 g/mol. The van der Waals surface area contributed by atoms with Gasteiger partial charge in [-0.1, -0.05) is 12.8 Å². The van der Waals surface area contributed by atoms with Crippen LogP contribution in [-0.2, 0) is 22.7 Å². The summed E-state index contributed by atoms with van der Waals surface area (Å²) >= 11 is 0. The molecule has 0 saturated heterocycles. The van der Waals surface area contributed by atoms with Gasteiger partial charge in [0.05, 0.1) is 18.6 Å². The Morgan fingerprint density at radius 1 is 1.03 bits per heavy atom. The molecule has 1 saturated carbocycles. The van der Waals surface area contributed by atoms with Crippen molar-refractivity contribution in [1.29, 1.82) is 0 Å². The third-order valence-corrected chi connectivity index (χ3v) is 5.62. The number of ether oxygens (including phenoxy) is 1. The molecule has 3 heterocycles. The van der Waals surface area contributed by atoms with E-state index in [9.17, 15) is 30.7 Å². The Hall–Kier alpha value is -3.43. The predicted molar refractivity (Wildman–Crippen MR) is 115 cm³/mol. The summed E-state index contributed by atoms with van der Waals surface area (Å²) in [4.78, 5) is 28.6. The van der Waals surface area contributed by atoms with Crippen LogP contribution in [0.25, 0.3) is 0 Å². The second kappa shape index (κ2) is 13.4. The maximum absolute atomic E-state index is 13.7. The van der Waals surface area contributed by atoms with Gasteiger partial charge in [-0.05, 0) is 25.0 Å². The minimum Gasteiger partial charge on any atom is -0.475 e. The van der Waals surface area contributed by atoms with Gasteiger partial charge in [0.2, 0.25) is 5.88 Å². The number of carboxylic acids is 2. The number of aliphatic carboxylic acids is 2. The number of hydrogen-bond acceptors (Lipinski definition) is 6. The maximum atomic E-state index is 13.7. The van der Waals surface area contributed by atoms with Gasteiger partial charge in [0.25, 0.3) is 0 Å². The number of halogens is 7. The molecule has 2 aromatic heterocycles. The fourth-order valence-corrected chi connectivity index (χ4v) is 3.91. The molecule has 2 aromatic rings. The second-order valence-electron chi connectivity index (χ2n) is 8.48. The second-order valence-corrected chi connectivity index (χ2v) is 8.48. The highest BCUT2D eigenvalue weighted by atomic mass is 19.4. The number of rotatable bonds is 4. The molecule has 0 aromatic carbocycles. The van der Waals surface area contributed by atoms with Crippen LogP contribution in [0.2, 0.25) is 0 Å². The molecule has 212 valence electrons. The van der Waals surface area contributed by atoms with Gasteiger partial charge in [-0.2, -0.15) is 26.3 Å². The average molecular weight is 558 g/mol. The van der Waals surface area contributed by atoms with Crippen LogP contribution in [0.3, 0.4) is 0 Å². The van der Waals surface area contributed by atoms with Crippen molar-refractivity contribution in [2.45, 2.75) is 57.2 Å². The van der Waals surface area contributed by atoms with Crippen molar-refractivity contribution in [1.82, 2.24) is 19.4 Å². The molecule has 1 aliphatic heterocycles. The Kier molecular flexibility index (Phi) is 10.9. The fraction of sp³-hybridized carbons (Fsp3) is 0.545. The summed E-state index contributed by atoms with van der Waals surface area (Å²) in [6.45, 7) is 3.24. The molecule has 0 amide bonds. The summed E-state index contributed by atoms with van der Waals surface area (Å²) < 4.78 is 85.1. The summed E-state index contributed by atoms with van der Waals surface area (Å²) in [5.41, 5.74) is 1.26. The van der Waals surface area contributed by atoms with Crippen molar-refractivity contribution in [3.8, 4) is 5.88 Å². The van der Waals surface area contributed by atoms with Gasteiger partial charge >= 0.3 is 24.3 Å². The van der Waals surface area contributed by atoms with Crippen LogP contribution < -0.4 is 4.74 Å². The third kappa shape index (κ3) is 9.79. The highest BCUT2D eigenvalue weighted by Crippen LogP contribution is 2.28. The van der Waals surface area contributed by atoms with Gasteiger partial charge in [0, 0.05) is 44.0 Å². The Morgan fingerprint density at radius 3 is 2.13 bits per heavy atom. The van der Waals surface area contributed by atoms with E-state index in [1.165, 1.54) is 37.4 Å².